The van der Waals surface area contributed by atoms with Gasteiger partial charge in [0.2, 0.25) is 0 Å². The first-order valence-corrected chi connectivity index (χ1v) is 4.83. The molecule has 0 saturated heterocycles. The minimum absolute atomic E-state index is 0.0369. The van der Waals surface area contributed by atoms with Crippen molar-refractivity contribution in [2.45, 2.75) is 46.0 Å². The van der Waals surface area contributed by atoms with E-state index in [1.807, 2.05) is 13.0 Å². The Kier molecular flexibility index (Phi) is 3.07. The zero-order valence-corrected chi connectivity index (χ0v) is 8.10. The van der Waals surface area contributed by atoms with Crippen molar-refractivity contribution in [1.82, 2.24) is 0 Å². The van der Waals surface area contributed by atoms with Crippen molar-refractivity contribution in [3.8, 4) is 0 Å². The lowest BCUT2D eigenvalue weighted by atomic mass is 9.72. The number of hydrogen-bond acceptors (Lipinski definition) is 1. The maximum absolute atomic E-state index is 11.6. The van der Waals surface area contributed by atoms with Gasteiger partial charge in [0.15, 0.2) is 0 Å². The summed E-state index contributed by atoms with van der Waals surface area (Å²) < 4.78 is 0. The Morgan fingerprint density at radius 1 is 1.50 bits per heavy atom. The third-order valence-corrected chi connectivity index (χ3v) is 2.86. The SMILES string of the molecule is C/C=C/C[C@]1(C)CCCCC1=O. The van der Waals surface area contributed by atoms with E-state index in [1.54, 1.807) is 0 Å². The van der Waals surface area contributed by atoms with Crippen LogP contribution in [0.1, 0.15) is 46.0 Å². The highest BCUT2D eigenvalue weighted by Crippen LogP contribution is 2.35. The molecule has 1 fully saturated rings. The van der Waals surface area contributed by atoms with Crippen molar-refractivity contribution >= 4 is 5.78 Å². The monoisotopic (exact) mass is 166 g/mol. The highest BCUT2D eigenvalue weighted by Gasteiger charge is 2.33. The van der Waals surface area contributed by atoms with Gasteiger partial charge in [-0.05, 0) is 26.2 Å². The number of carbonyl (C=O) groups excluding carboxylic acids is 1. The summed E-state index contributed by atoms with van der Waals surface area (Å²) in [5.74, 6) is 0.465. The van der Waals surface area contributed by atoms with Gasteiger partial charge in [0.1, 0.15) is 5.78 Å². The molecule has 0 aromatic carbocycles. The van der Waals surface area contributed by atoms with Crippen molar-refractivity contribution in [3.05, 3.63) is 12.2 Å². The van der Waals surface area contributed by atoms with Gasteiger partial charge in [0, 0.05) is 11.8 Å². The summed E-state index contributed by atoms with van der Waals surface area (Å²) in [6.07, 6.45) is 9.28. The fourth-order valence-corrected chi connectivity index (χ4v) is 1.84. The fourth-order valence-electron chi connectivity index (χ4n) is 1.84. The van der Waals surface area contributed by atoms with E-state index in [2.05, 4.69) is 13.0 Å². The number of Topliss-reactive ketones (excluding diaryl/α,β-unsaturated/α-hetero) is 1. The summed E-state index contributed by atoms with van der Waals surface area (Å²) in [5.41, 5.74) is -0.0369. The number of rotatable bonds is 2. The second-order valence-electron chi connectivity index (χ2n) is 3.96. The minimum atomic E-state index is -0.0369. The minimum Gasteiger partial charge on any atom is -0.299 e. The van der Waals surface area contributed by atoms with Crippen molar-refractivity contribution in [2.24, 2.45) is 5.41 Å². The first-order valence-electron chi connectivity index (χ1n) is 4.83. The maximum Gasteiger partial charge on any atom is 0.139 e. The van der Waals surface area contributed by atoms with Gasteiger partial charge in [0.05, 0.1) is 0 Å². The number of hydrogen-bond donors (Lipinski definition) is 0. The van der Waals surface area contributed by atoms with Crippen LogP contribution in [0.3, 0.4) is 0 Å². The topological polar surface area (TPSA) is 17.1 Å². The molecule has 0 amide bonds. The molecule has 0 spiro atoms. The largest absolute Gasteiger partial charge is 0.299 e. The van der Waals surface area contributed by atoms with Crippen molar-refractivity contribution in [3.63, 3.8) is 0 Å². The predicted octanol–water partition coefficient (Wildman–Crippen LogP) is 3.10. The van der Waals surface area contributed by atoms with Gasteiger partial charge < -0.3 is 0 Å². The number of carbonyl (C=O) groups is 1. The summed E-state index contributed by atoms with van der Waals surface area (Å²) in [5, 5.41) is 0. The molecular weight excluding hydrogens is 148 g/mol. The molecule has 0 aromatic rings. The average Bonchev–Trinajstić information content (AvgIpc) is 2.07. The van der Waals surface area contributed by atoms with E-state index in [0.717, 1.165) is 25.7 Å². The molecule has 1 aliphatic carbocycles. The quantitative estimate of drug-likeness (QED) is 0.576. The lowest BCUT2D eigenvalue weighted by Crippen LogP contribution is -2.30. The summed E-state index contributed by atoms with van der Waals surface area (Å²) >= 11 is 0. The molecule has 0 unspecified atom stereocenters. The molecule has 1 saturated carbocycles. The third kappa shape index (κ3) is 1.96. The van der Waals surface area contributed by atoms with Crippen LogP contribution in [0, 0.1) is 5.41 Å². The maximum atomic E-state index is 11.6. The van der Waals surface area contributed by atoms with Gasteiger partial charge >= 0.3 is 0 Å². The molecule has 0 aromatic heterocycles. The molecule has 1 rings (SSSR count). The lowest BCUT2D eigenvalue weighted by Gasteiger charge is -2.30. The van der Waals surface area contributed by atoms with Crippen LogP contribution in [-0.2, 0) is 4.79 Å². The van der Waals surface area contributed by atoms with Crippen LogP contribution in [0.4, 0.5) is 0 Å². The fraction of sp³-hybridized carbons (Fsp3) is 0.727. The van der Waals surface area contributed by atoms with Crippen LogP contribution in [0.25, 0.3) is 0 Å². The van der Waals surface area contributed by atoms with E-state index in [9.17, 15) is 4.79 Å². The molecule has 0 radical (unpaired) electrons. The second-order valence-corrected chi connectivity index (χ2v) is 3.96. The van der Waals surface area contributed by atoms with Gasteiger partial charge in [-0.15, -0.1) is 0 Å². The molecule has 1 atom stereocenters. The van der Waals surface area contributed by atoms with Gasteiger partial charge in [-0.3, -0.25) is 4.79 Å². The Morgan fingerprint density at radius 3 is 2.83 bits per heavy atom. The van der Waals surface area contributed by atoms with Crippen LogP contribution < -0.4 is 0 Å². The molecule has 0 bridgehead atoms. The van der Waals surface area contributed by atoms with E-state index >= 15 is 0 Å². The number of allylic oxidation sites excluding steroid dienone is 2. The first kappa shape index (κ1) is 9.50. The van der Waals surface area contributed by atoms with E-state index in [-0.39, 0.29) is 5.41 Å². The Hall–Kier alpha value is -0.590. The standard InChI is InChI=1S/C11H18O/c1-3-4-8-11(2)9-6-5-7-10(11)12/h3-4H,5-9H2,1-2H3/b4-3+/t11-/m1/s1. The van der Waals surface area contributed by atoms with Crippen LogP contribution in [0.2, 0.25) is 0 Å². The molecule has 1 heteroatoms. The van der Waals surface area contributed by atoms with Gasteiger partial charge in [-0.25, -0.2) is 0 Å². The van der Waals surface area contributed by atoms with Gasteiger partial charge in [-0.2, -0.15) is 0 Å². The first-order chi connectivity index (χ1) is 5.69. The molecule has 0 aliphatic heterocycles. The predicted molar refractivity (Wildman–Crippen MR) is 51.0 cm³/mol. The van der Waals surface area contributed by atoms with Gasteiger partial charge in [0.25, 0.3) is 0 Å². The van der Waals surface area contributed by atoms with Crippen LogP contribution in [0.15, 0.2) is 12.2 Å². The molecule has 68 valence electrons. The third-order valence-electron chi connectivity index (χ3n) is 2.86. The molecule has 0 heterocycles. The summed E-state index contributed by atoms with van der Waals surface area (Å²) in [6, 6.07) is 0. The highest BCUT2D eigenvalue weighted by molar-refractivity contribution is 5.85. The Morgan fingerprint density at radius 2 is 2.25 bits per heavy atom. The number of ketones is 1. The van der Waals surface area contributed by atoms with Crippen LogP contribution in [0.5, 0.6) is 0 Å². The molecular formula is C11H18O. The van der Waals surface area contributed by atoms with Crippen molar-refractivity contribution < 1.29 is 4.79 Å². The van der Waals surface area contributed by atoms with Crippen molar-refractivity contribution in [1.29, 1.82) is 0 Å². The summed E-state index contributed by atoms with van der Waals surface area (Å²) in [4.78, 5) is 11.6. The van der Waals surface area contributed by atoms with Crippen LogP contribution in [-0.4, -0.2) is 5.78 Å². The smallest absolute Gasteiger partial charge is 0.139 e. The average molecular weight is 166 g/mol. The van der Waals surface area contributed by atoms with E-state index < -0.39 is 0 Å². The van der Waals surface area contributed by atoms with E-state index in [4.69, 9.17) is 0 Å². The van der Waals surface area contributed by atoms with Crippen molar-refractivity contribution in [2.75, 3.05) is 0 Å². The zero-order valence-electron chi connectivity index (χ0n) is 8.10. The zero-order chi connectivity index (χ0) is 9.03. The Balaban J connectivity index is 2.59. The van der Waals surface area contributed by atoms with E-state index in [1.165, 1.54) is 6.42 Å². The van der Waals surface area contributed by atoms with E-state index in [0.29, 0.717) is 5.78 Å². The Labute approximate surface area is 74.9 Å². The molecule has 1 nitrogen and oxygen atoms in total. The van der Waals surface area contributed by atoms with Crippen LogP contribution >= 0.6 is 0 Å². The van der Waals surface area contributed by atoms with Gasteiger partial charge in [-0.1, -0.05) is 25.5 Å². The summed E-state index contributed by atoms with van der Waals surface area (Å²) in [7, 11) is 0. The summed E-state index contributed by atoms with van der Waals surface area (Å²) in [6.45, 7) is 4.12. The normalized spacial score (nSPS) is 31.3. The second kappa shape index (κ2) is 3.88. The highest BCUT2D eigenvalue weighted by atomic mass is 16.1. The molecule has 0 N–H and O–H groups in total. The Bertz CT molecular complexity index is 193. The molecule has 1 aliphatic rings. The lowest BCUT2D eigenvalue weighted by molar-refractivity contribution is -0.130. The molecule has 12 heavy (non-hydrogen) atoms.